The molecule has 1 saturated heterocycles. The second-order valence-electron chi connectivity index (χ2n) is 5.43. The van der Waals surface area contributed by atoms with Crippen LogP contribution in [0.3, 0.4) is 0 Å². The van der Waals surface area contributed by atoms with Gasteiger partial charge in [-0.25, -0.2) is 13.1 Å². The highest BCUT2D eigenvalue weighted by atomic mass is 32.2. The highest BCUT2D eigenvalue weighted by Crippen LogP contribution is 2.21. The summed E-state index contributed by atoms with van der Waals surface area (Å²) in [5.74, 6) is 1.45. The number of nitrogens with one attached hydrogen (secondary N) is 2. The van der Waals surface area contributed by atoms with E-state index in [0.717, 1.165) is 19.5 Å². The van der Waals surface area contributed by atoms with E-state index in [4.69, 9.17) is 4.42 Å². The summed E-state index contributed by atoms with van der Waals surface area (Å²) in [6, 6.07) is 1.59. The number of rotatable bonds is 6. The highest BCUT2D eigenvalue weighted by Gasteiger charge is 2.25. The number of furan rings is 1. The van der Waals surface area contributed by atoms with Crippen LogP contribution in [0.15, 0.2) is 15.4 Å². The van der Waals surface area contributed by atoms with Crippen molar-refractivity contribution in [3.05, 3.63) is 17.6 Å². The van der Waals surface area contributed by atoms with Gasteiger partial charge in [0.1, 0.15) is 16.4 Å². The van der Waals surface area contributed by atoms with Gasteiger partial charge in [-0.15, -0.1) is 0 Å². The zero-order valence-corrected chi connectivity index (χ0v) is 13.1. The Balaban J connectivity index is 2.02. The third kappa shape index (κ3) is 3.60. The third-order valence-electron chi connectivity index (χ3n) is 3.61. The number of likely N-dealkylation sites (tertiary alicyclic amines) is 1. The number of nitrogens with zero attached hydrogens (tertiary/aromatic N) is 1. The monoisotopic (exact) mass is 301 g/mol. The van der Waals surface area contributed by atoms with Crippen LogP contribution in [0.25, 0.3) is 0 Å². The Kier molecular flexibility index (Phi) is 4.85. The highest BCUT2D eigenvalue weighted by molar-refractivity contribution is 7.89. The Morgan fingerprint density at radius 2 is 2.25 bits per heavy atom. The number of hydrogen-bond acceptors (Lipinski definition) is 5. The molecule has 1 unspecified atom stereocenters. The lowest BCUT2D eigenvalue weighted by Gasteiger charge is -2.11. The Hall–Kier alpha value is -0.890. The van der Waals surface area contributed by atoms with Crippen molar-refractivity contribution in [1.82, 2.24) is 14.9 Å². The summed E-state index contributed by atoms with van der Waals surface area (Å²) in [6.45, 7) is 4.65. The van der Waals surface area contributed by atoms with E-state index in [1.165, 1.54) is 0 Å². The Bertz CT molecular complexity index is 553. The average molecular weight is 301 g/mol. The molecule has 1 aliphatic heterocycles. The number of hydrogen-bond donors (Lipinski definition) is 2. The summed E-state index contributed by atoms with van der Waals surface area (Å²) >= 11 is 0. The van der Waals surface area contributed by atoms with Crippen LogP contribution in [0.2, 0.25) is 0 Å². The van der Waals surface area contributed by atoms with Crippen molar-refractivity contribution in [3.8, 4) is 0 Å². The van der Waals surface area contributed by atoms with Gasteiger partial charge in [-0.3, -0.25) is 0 Å². The SMILES string of the molecule is CNCc1cc(S(=O)(=O)NCC2CCN(C)C2)c(C)o1. The minimum Gasteiger partial charge on any atom is -0.464 e. The minimum absolute atomic E-state index is 0.245. The van der Waals surface area contributed by atoms with Gasteiger partial charge in [0.2, 0.25) is 10.0 Å². The molecular formula is C13H23N3O3S. The van der Waals surface area contributed by atoms with Crippen molar-refractivity contribution in [2.45, 2.75) is 24.8 Å². The van der Waals surface area contributed by atoms with E-state index in [-0.39, 0.29) is 4.90 Å². The molecule has 0 aromatic carbocycles. The molecule has 0 radical (unpaired) electrons. The Morgan fingerprint density at radius 3 is 2.85 bits per heavy atom. The molecule has 114 valence electrons. The van der Waals surface area contributed by atoms with Gasteiger partial charge >= 0.3 is 0 Å². The number of aryl methyl sites for hydroxylation is 1. The van der Waals surface area contributed by atoms with E-state index in [1.807, 2.05) is 0 Å². The Labute approximate surface area is 120 Å². The van der Waals surface area contributed by atoms with Gasteiger partial charge in [0, 0.05) is 19.2 Å². The third-order valence-corrected chi connectivity index (χ3v) is 5.15. The summed E-state index contributed by atoms with van der Waals surface area (Å²) in [4.78, 5) is 2.46. The molecule has 0 amide bonds. The lowest BCUT2D eigenvalue weighted by molar-refractivity contribution is 0.394. The first-order valence-corrected chi connectivity index (χ1v) is 8.33. The van der Waals surface area contributed by atoms with Crippen LogP contribution in [-0.2, 0) is 16.6 Å². The summed E-state index contributed by atoms with van der Waals surface area (Å²) in [5, 5.41) is 2.94. The molecule has 1 aliphatic rings. The fourth-order valence-electron chi connectivity index (χ4n) is 2.55. The molecule has 20 heavy (non-hydrogen) atoms. The van der Waals surface area contributed by atoms with Crippen LogP contribution in [0.4, 0.5) is 0 Å². The second-order valence-corrected chi connectivity index (χ2v) is 7.17. The maximum absolute atomic E-state index is 12.3. The van der Waals surface area contributed by atoms with Crippen molar-refractivity contribution in [2.24, 2.45) is 5.92 Å². The molecule has 2 N–H and O–H groups in total. The van der Waals surface area contributed by atoms with Crippen LogP contribution in [0, 0.1) is 12.8 Å². The standard InChI is InChI=1S/C13H23N3O3S/c1-10-13(6-12(19-10)8-14-2)20(17,18)15-7-11-4-5-16(3)9-11/h6,11,14-15H,4-5,7-9H2,1-3H3. The van der Waals surface area contributed by atoms with Crippen molar-refractivity contribution >= 4 is 10.0 Å². The molecule has 2 heterocycles. The molecular weight excluding hydrogens is 278 g/mol. The van der Waals surface area contributed by atoms with E-state index in [0.29, 0.717) is 30.5 Å². The predicted octanol–water partition coefficient (Wildman–Crippen LogP) is 0.537. The summed E-state index contributed by atoms with van der Waals surface area (Å²) in [6.07, 6.45) is 1.04. The summed E-state index contributed by atoms with van der Waals surface area (Å²) in [7, 11) is 0.363. The molecule has 0 aliphatic carbocycles. The average Bonchev–Trinajstić information content (AvgIpc) is 2.94. The first-order valence-electron chi connectivity index (χ1n) is 6.84. The second kappa shape index (κ2) is 6.26. The van der Waals surface area contributed by atoms with Gasteiger partial charge in [-0.2, -0.15) is 0 Å². The van der Waals surface area contributed by atoms with Gasteiger partial charge in [-0.1, -0.05) is 0 Å². The molecule has 1 aromatic heterocycles. The van der Waals surface area contributed by atoms with E-state index < -0.39 is 10.0 Å². The first-order chi connectivity index (χ1) is 9.42. The fraction of sp³-hybridized carbons (Fsp3) is 0.692. The minimum atomic E-state index is -3.48. The maximum atomic E-state index is 12.3. The van der Waals surface area contributed by atoms with Crippen LogP contribution in [0.1, 0.15) is 17.9 Å². The van der Waals surface area contributed by atoms with Crippen molar-refractivity contribution in [2.75, 3.05) is 33.7 Å². The van der Waals surface area contributed by atoms with E-state index >= 15 is 0 Å². The van der Waals surface area contributed by atoms with Gasteiger partial charge < -0.3 is 14.6 Å². The maximum Gasteiger partial charge on any atom is 0.244 e. The van der Waals surface area contributed by atoms with Gasteiger partial charge in [-0.05, 0) is 39.9 Å². The first kappa shape index (κ1) is 15.5. The molecule has 1 atom stereocenters. The normalized spacial score (nSPS) is 20.6. The van der Waals surface area contributed by atoms with Crippen LogP contribution < -0.4 is 10.0 Å². The van der Waals surface area contributed by atoms with Crippen LogP contribution in [-0.4, -0.2) is 47.0 Å². The Morgan fingerprint density at radius 1 is 1.50 bits per heavy atom. The smallest absolute Gasteiger partial charge is 0.244 e. The zero-order chi connectivity index (χ0) is 14.8. The zero-order valence-electron chi connectivity index (χ0n) is 12.3. The van der Waals surface area contributed by atoms with Crippen molar-refractivity contribution in [3.63, 3.8) is 0 Å². The summed E-state index contributed by atoms with van der Waals surface area (Å²) in [5.41, 5.74) is 0. The number of sulfonamides is 1. The lowest BCUT2D eigenvalue weighted by Crippen LogP contribution is -2.30. The summed E-state index contributed by atoms with van der Waals surface area (Å²) < 4.78 is 32.7. The molecule has 7 heteroatoms. The quantitative estimate of drug-likeness (QED) is 0.802. The molecule has 1 fully saturated rings. The van der Waals surface area contributed by atoms with E-state index in [1.54, 1.807) is 20.0 Å². The molecule has 0 saturated carbocycles. The van der Waals surface area contributed by atoms with Crippen LogP contribution in [0.5, 0.6) is 0 Å². The van der Waals surface area contributed by atoms with E-state index in [9.17, 15) is 8.42 Å². The molecule has 1 aromatic rings. The topological polar surface area (TPSA) is 74.6 Å². The lowest BCUT2D eigenvalue weighted by atomic mass is 10.1. The van der Waals surface area contributed by atoms with Crippen molar-refractivity contribution in [1.29, 1.82) is 0 Å². The predicted molar refractivity (Wildman–Crippen MR) is 77.0 cm³/mol. The molecule has 0 bridgehead atoms. The fourth-order valence-corrected chi connectivity index (χ4v) is 3.87. The largest absolute Gasteiger partial charge is 0.464 e. The van der Waals surface area contributed by atoms with Gasteiger partial charge in [0.05, 0.1) is 6.54 Å². The van der Waals surface area contributed by atoms with Gasteiger partial charge in [0.25, 0.3) is 0 Å². The van der Waals surface area contributed by atoms with Crippen molar-refractivity contribution < 1.29 is 12.8 Å². The molecule has 2 rings (SSSR count). The van der Waals surface area contributed by atoms with Gasteiger partial charge in [0.15, 0.2) is 0 Å². The van der Waals surface area contributed by atoms with E-state index in [2.05, 4.69) is 22.0 Å². The van der Waals surface area contributed by atoms with Crippen LogP contribution >= 0.6 is 0 Å². The molecule has 0 spiro atoms. The molecule has 6 nitrogen and oxygen atoms in total.